The third-order valence-corrected chi connectivity index (χ3v) is 2.56. The van der Waals surface area contributed by atoms with Crippen LogP contribution in [0.15, 0.2) is 29.1 Å². The fraction of sp³-hybridized carbons (Fsp3) is 0.308. The molecule has 0 unspecified atom stereocenters. The molecule has 0 aliphatic heterocycles. The number of aromatic amines is 1. The van der Waals surface area contributed by atoms with Gasteiger partial charge in [0, 0.05) is 29.8 Å². The Balaban J connectivity index is 2.32. The van der Waals surface area contributed by atoms with Crippen molar-refractivity contribution in [2.24, 2.45) is 0 Å². The summed E-state index contributed by atoms with van der Waals surface area (Å²) in [6, 6.07) is 5.51. The summed E-state index contributed by atoms with van der Waals surface area (Å²) in [7, 11) is 1.50. The number of hydrogen-bond acceptors (Lipinski definition) is 3. The summed E-state index contributed by atoms with van der Waals surface area (Å²) >= 11 is 0. The van der Waals surface area contributed by atoms with E-state index in [0.717, 1.165) is 0 Å². The second-order valence-corrected chi connectivity index (χ2v) is 4.20. The fourth-order valence-corrected chi connectivity index (χ4v) is 1.77. The zero-order valence-electron chi connectivity index (χ0n) is 10.6. The minimum Gasteiger partial charge on any atom is -0.484 e. The van der Waals surface area contributed by atoms with E-state index in [1.54, 1.807) is 0 Å². The summed E-state index contributed by atoms with van der Waals surface area (Å²) in [6.45, 7) is -1.14. The van der Waals surface area contributed by atoms with Gasteiger partial charge in [-0.25, -0.2) is 0 Å². The van der Waals surface area contributed by atoms with Crippen LogP contribution >= 0.6 is 0 Å². The topological polar surface area (TPSA) is 51.3 Å². The van der Waals surface area contributed by atoms with Crippen molar-refractivity contribution in [3.05, 3.63) is 40.2 Å². The van der Waals surface area contributed by atoms with E-state index in [0.29, 0.717) is 11.2 Å². The van der Waals surface area contributed by atoms with E-state index >= 15 is 0 Å². The number of alkyl halides is 3. The molecule has 1 heterocycles. The molecule has 4 nitrogen and oxygen atoms in total. The third kappa shape index (κ3) is 3.51. The molecule has 0 saturated carbocycles. The van der Waals surface area contributed by atoms with Crippen molar-refractivity contribution in [1.82, 2.24) is 4.98 Å². The maximum absolute atomic E-state index is 12.1. The van der Waals surface area contributed by atoms with E-state index in [2.05, 4.69) is 9.72 Å². The van der Waals surface area contributed by atoms with Gasteiger partial charge in [0.2, 0.25) is 0 Å². The SMILES string of the molecule is COCc1cc(=O)c2cc(OCC(F)(F)F)ccc2[nH]1. The Morgan fingerprint density at radius 2 is 2.00 bits per heavy atom. The van der Waals surface area contributed by atoms with Crippen molar-refractivity contribution < 1.29 is 22.6 Å². The number of fused-ring (bicyclic) bond motifs is 1. The number of nitrogens with one attached hydrogen (secondary N) is 1. The van der Waals surface area contributed by atoms with Crippen LogP contribution in [0.25, 0.3) is 10.9 Å². The van der Waals surface area contributed by atoms with E-state index in [1.165, 1.54) is 31.4 Å². The van der Waals surface area contributed by atoms with Crippen LogP contribution < -0.4 is 10.2 Å². The molecule has 0 saturated heterocycles. The highest BCUT2D eigenvalue weighted by molar-refractivity contribution is 5.80. The lowest BCUT2D eigenvalue weighted by molar-refractivity contribution is -0.153. The first-order valence-electron chi connectivity index (χ1n) is 5.73. The maximum Gasteiger partial charge on any atom is 0.422 e. The van der Waals surface area contributed by atoms with Crippen LogP contribution in [0.5, 0.6) is 5.75 Å². The van der Waals surface area contributed by atoms with Crippen molar-refractivity contribution in [1.29, 1.82) is 0 Å². The number of aromatic nitrogens is 1. The standard InChI is InChI=1S/C13H12F3NO3/c1-19-6-8-4-12(18)10-5-9(2-3-11(10)17-8)20-7-13(14,15)16/h2-5H,6-7H2,1H3,(H,17,18). The van der Waals surface area contributed by atoms with Gasteiger partial charge in [0.15, 0.2) is 12.0 Å². The van der Waals surface area contributed by atoms with Crippen LogP contribution in [0.1, 0.15) is 5.69 Å². The van der Waals surface area contributed by atoms with E-state index in [4.69, 9.17) is 4.74 Å². The Kier molecular flexibility index (Phi) is 3.99. The molecule has 1 aromatic heterocycles. The molecular formula is C13H12F3NO3. The highest BCUT2D eigenvalue weighted by Gasteiger charge is 2.28. The molecular weight excluding hydrogens is 275 g/mol. The van der Waals surface area contributed by atoms with E-state index < -0.39 is 12.8 Å². The molecule has 1 N–H and O–H groups in total. The molecule has 2 aromatic rings. The Bertz CT molecular complexity index is 664. The zero-order valence-corrected chi connectivity index (χ0v) is 10.6. The summed E-state index contributed by atoms with van der Waals surface area (Å²) < 4.78 is 45.7. The third-order valence-electron chi connectivity index (χ3n) is 2.56. The molecule has 0 amide bonds. The summed E-state index contributed by atoms with van der Waals surface area (Å²) in [5, 5.41) is 0.268. The summed E-state index contributed by atoms with van der Waals surface area (Å²) in [4.78, 5) is 14.8. The van der Waals surface area contributed by atoms with Crippen LogP contribution in [0.3, 0.4) is 0 Å². The van der Waals surface area contributed by atoms with Crippen molar-refractivity contribution in [3.63, 3.8) is 0 Å². The molecule has 1 aromatic carbocycles. The first-order valence-corrected chi connectivity index (χ1v) is 5.73. The maximum atomic E-state index is 12.1. The molecule has 2 rings (SSSR count). The summed E-state index contributed by atoms with van der Waals surface area (Å²) in [6.07, 6.45) is -4.41. The molecule has 0 bridgehead atoms. The molecule has 0 fully saturated rings. The van der Waals surface area contributed by atoms with E-state index in [1.807, 2.05) is 0 Å². The monoisotopic (exact) mass is 287 g/mol. The molecule has 0 atom stereocenters. The highest BCUT2D eigenvalue weighted by atomic mass is 19.4. The second kappa shape index (κ2) is 5.54. The Hall–Kier alpha value is -2.02. The Labute approximate surface area is 112 Å². The van der Waals surface area contributed by atoms with Gasteiger partial charge in [0.1, 0.15) is 5.75 Å². The lowest BCUT2D eigenvalue weighted by atomic mass is 10.2. The number of methoxy groups -OCH3 is 1. The van der Waals surface area contributed by atoms with Gasteiger partial charge < -0.3 is 14.5 Å². The average molecular weight is 287 g/mol. The van der Waals surface area contributed by atoms with Gasteiger partial charge in [-0.2, -0.15) is 13.2 Å². The molecule has 7 heteroatoms. The highest BCUT2D eigenvalue weighted by Crippen LogP contribution is 2.21. The van der Waals surface area contributed by atoms with Crippen LogP contribution in [0.4, 0.5) is 13.2 Å². The van der Waals surface area contributed by atoms with Gasteiger partial charge in [0.05, 0.1) is 6.61 Å². The summed E-state index contributed by atoms with van der Waals surface area (Å²) in [5.41, 5.74) is 0.807. The van der Waals surface area contributed by atoms with Gasteiger partial charge in [-0.05, 0) is 18.2 Å². The van der Waals surface area contributed by atoms with Crippen LogP contribution in [-0.4, -0.2) is 24.9 Å². The largest absolute Gasteiger partial charge is 0.484 e. The van der Waals surface area contributed by atoms with E-state index in [9.17, 15) is 18.0 Å². The molecule has 108 valence electrons. The second-order valence-electron chi connectivity index (χ2n) is 4.20. The van der Waals surface area contributed by atoms with Crippen molar-refractivity contribution in [2.45, 2.75) is 12.8 Å². The molecule has 0 radical (unpaired) electrons. The normalized spacial score (nSPS) is 11.8. The first-order chi connectivity index (χ1) is 9.39. The van der Waals surface area contributed by atoms with Crippen molar-refractivity contribution in [3.8, 4) is 5.75 Å². The number of benzene rings is 1. The minimum absolute atomic E-state index is 0.000170. The quantitative estimate of drug-likeness (QED) is 0.940. The minimum atomic E-state index is -4.41. The lowest BCUT2D eigenvalue weighted by Gasteiger charge is -2.10. The predicted molar refractivity (Wildman–Crippen MR) is 66.8 cm³/mol. The van der Waals surface area contributed by atoms with E-state index in [-0.39, 0.29) is 23.2 Å². The van der Waals surface area contributed by atoms with Crippen LogP contribution in [0.2, 0.25) is 0 Å². The molecule has 0 aliphatic carbocycles. The summed E-state index contributed by atoms with van der Waals surface area (Å²) in [5.74, 6) is -0.000170. The van der Waals surface area contributed by atoms with Gasteiger partial charge in [-0.3, -0.25) is 4.79 Å². The molecule has 0 spiro atoms. The smallest absolute Gasteiger partial charge is 0.422 e. The number of halogens is 3. The van der Waals surface area contributed by atoms with Gasteiger partial charge in [-0.1, -0.05) is 0 Å². The van der Waals surface area contributed by atoms with Gasteiger partial charge >= 0.3 is 6.18 Å². The number of rotatable bonds is 4. The van der Waals surface area contributed by atoms with Crippen molar-refractivity contribution in [2.75, 3.05) is 13.7 Å². The number of hydrogen-bond donors (Lipinski definition) is 1. The molecule has 20 heavy (non-hydrogen) atoms. The number of ether oxygens (including phenoxy) is 2. The predicted octanol–water partition coefficient (Wildman–Crippen LogP) is 2.62. The first kappa shape index (κ1) is 14.4. The van der Waals surface area contributed by atoms with Gasteiger partial charge in [0.25, 0.3) is 0 Å². The van der Waals surface area contributed by atoms with Crippen LogP contribution in [0, 0.1) is 0 Å². The molecule has 0 aliphatic rings. The van der Waals surface area contributed by atoms with Gasteiger partial charge in [-0.15, -0.1) is 0 Å². The Morgan fingerprint density at radius 3 is 2.65 bits per heavy atom. The average Bonchev–Trinajstić information content (AvgIpc) is 2.36. The zero-order chi connectivity index (χ0) is 14.8. The fourth-order valence-electron chi connectivity index (χ4n) is 1.77. The Morgan fingerprint density at radius 1 is 1.25 bits per heavy atom. The lowest BCUT2D eigenvalue weighted by Crippen LogP contribution is -2.19. The number of pyridine rings is 1. The van der Waals surface area contributed by atoms with Crippen LogP contribution in [-0.2, 0) is 11.3 Å². The van der Waals surface area contributed by atoms with Crippen molar-refractivity contribution >= 4 is 10.9 Å². The number of H-pyrrole nitrogens is 1.